The Kier molecular flexibility index (Phi) is 13.4. The second kappa shape index (κ2) is 17.0. The van der Waals surface area contributed by atoms with Crippen molar-refractivity contribution >= 4 is 35.8 Å². The maximum atomic E-state index is 14.2. The molecule has 1 heterocycles. The Morgan fingerprint density at radius 3 is 1.80 bits per heavy atom. The van der Waals surface area contributed by atoms with Gasteiger partial charge in [-0.25, -0.2) is 4.79 Å². The summed E-state index contributed by atoms with van der Waals surface area (Å²) in [6.07, 6.45) is -7.30. The first-order valence-electron chi connectivity index (χ1n) is 15.6. The Morgan fingerprint density at radius 1 is 0.837 bits per heavy atom. The predicted octanol–water partition coefficient (Wildman–Crippen LogP) is 1.77. The SMILES string of the molecule is COC(=O)[C@@]1(C(O)(Cc2ccccc2)Cc2ccccc2)C[C@H](OC(C)=O)[C@@H](NC(C)=O)[C@H]([C@H](OC(C)=O)[C@@H](COC(C)=O)OC(C)=O)O1. The van der Waals surface area contributed by atoms with E-state index in [9.17, 15) is 33.9 Å². The fraction of sp³-hybridized carbons (Fsp3) is 0.486. The molecule has 0 saturated carbocycles. The molecule has 0 aliphatic carbocycles. The van der Waals surface area contributed by atoms with Gasteiger partial charge in [-0.1, -0.05) is 60.7 Å². The molecular weight excluding hydrogens is 642 g/mol. The highest BCUT2D eigenvalue weighted by atomic mass is 16.6. The number of amides is 1. The topological polar surface area (TPSA) is 190 Å². The van der Waals surface area contributed by atoms with Crippen LogP contribution in [0.25, 0.3) is 0 Å². The van der Waals surface area contributed by atoms with E-state index in [4.69, 9.17) is 28.4 Å². The molecular formula is C35H43NO13. The van der Waals surface area contributed by atoms with Gasteiger partial charge in [-0.15, -0.1) is 0 Å². The lowest BCUT2D eigenvalue weighted by molar-refractivity contribution is -0.280. The highest BCUT2D eigenvalue weighted by Gasteiger charge is 2.66. The van der Waals surface area contributed by atoms with E-state index >= 15 is 0 Å². The fourth-order valence-electron chi connectivity index (χ4n) is 6.14. The zero-order chi connectivity index (χ0) is 36.4. The van der Waals surface area contributed by atoms with Gasteiger partial charge in [0.25, 0.3) is 0 Å². The van der Waals surface area contributed by atoms with Crippen LogP contribution in [0.3, 0.4) is 0 Å². The monoisotopic (exact) mass is 685 g/mol. The Morgan fingerprint density at radius 2 is 1.37 bits per heavy atom. The van der Waals surface area contributed by atoms with Gasteiger partial charge in [0.2, 0.25) is 5.91 Å². The quantitative estimate of drug-likeness (QED) is 0.216. The third-order valence-electron chi connectivity index (χ3n) is 7.97. The summed E-state index contributed by atoms with van der Waals surface area (Å²) in [7, 11) is 1.08. The average molecular weight is 686 g/mol. The zero-order valence-electron chi connectivity index (χ0n) is 28.3. The van der Waals surface area contributed by atoms with E-state index in [1.807, 2.05) is 0 Å². The van der Waals surface area contributed by atoms with Crippen molar-refractivity contribution < 1.29 is 62.3 Å². The number of esters is 5. The van der Waals surface area contributed by atoms with Crippen molar-refractivity contribution in [1.82, 2.24) is 5.32 Å². The number of ether oxygens (including phenoxy) is 6. The van der Waals surface area contributed by atoms with E-state index in [1.54, 1.807) is 60.7 Å². The van der Waals surface area contributed by atoms with Crippen LogP contribution in [0.15, 0.2) is 60.7 Å². The lowest BCUT2D eigenvalue weighted by atomic mass is 9.68. The molecule has 3 rings (SSSR count). The minimum Gasteiger partial charge on any atom is -0.467 e. The van der Waals surface area contributed by atoms with Crippen LogP contribution in [0.1, 0.15) is 52.2 Å². The number of hydrogen-bond acceptors (Lipinski definition) is 13. The van der Waals surface area contributed by atoms with Gasteiger partial charge in [0.05, 0.1) is 13.2 Å². The summed E-state index contributed by atoms with van der Waals surface area (Å²) < 4.78 is 33.9. The third kappa shape index (κ3) is 10.1. The van der Waals surface area contributed by atoms with E-state index in [1.165, 1.54) is 6.92 Å². The van der Waals surface area contributed by atoms with Crippen LogP contribution in [0.4, 0.5) is 0 Å². The molecule has 2 aromatic carbocycles. The smallest absolute Gasteiger partial charge is 0.341 e. The average Bonchev–Trinajstić information content (AvgIpc) is 3.02. The van der Waals surface area contributed by atoms with Gasteiger partial charge in [-0.2, -0.15) is 0 Å². The van der Waals surface area contributed by atoms with E-state index in [0.29, 0.717) is 11.1 Å². The van der Waals surface area contributed by atoms with Gasteiger partial charge in [-0.3, -0.25) is 24.0 Å². The van der Waals surface area contributed by atoms with Crippen LogP contribution in [0.5, 0.6) is 0 Å². The largest absolute Gasteiger partial charge is 0.467 e. The number of carbonyl (C=O) groups is 6. The molecule has 2 aromatic rings. The molecule has 49 heavy (non-hydrogen) atoms. The normalized spacial score (nSPS) is 21.7. The summed E-state index contributed by atoms with van der Waals surface area (Å²) in [5, 5.41) is 15.6. The van der Waals surface area contributed by atoms with E-state index in [2.05, 4.69) is 5.32 Å². The second-order valence-electron chi connectivity index (χ2n) is 11.9. The molecule has 6 atom stereocenters. The van der Waals surface area contributed by atoms with Crippen molar-refractivity contribution in [1.29, 1.82) is 0 Å². The second-order valence-corrected chi connectivity index (χ2v) is 11.9. The number of hydrogen-bond donors (Lipinski definition) is 2. The van der Waals surface area contributed by atoms with Gasteiger partial charge in [0, 0.05) is 53.9 Å². The Balaban J connectivity index is 2.38. The van der Waals surface area contributed by atoms with Crippen LogP contribution in [-0.4, -0.2) is 96.2 Å². The summed E-state index contributed by atoms with van der Waals surface area (Å²) >= 11 is 0. The summed E-state index contributed by atoms with van der Waals surface area (Å²) in [6.45, 7) is 4.88. The minimum absolute atomic E-state index is 0.193. The summed E-state index contributed by atoms with van der Waals surface area (Å²) in [5.74, 6) is -5.04. The first kappa shape index (κ1) is 38.6. The fourth-order valence-corrected chi connectivity index (χ4v) is 6.14. The summed E-state index contributed by atoms with van der Waals surface area (Å²) in [6, 6.07) is 16.1. The highest BCUT2D eigenvalue weighted by molar-refractivity contribution is 5.82. The maximum Gasteiger partial charge on any atom is 0.341 e. The Bertz CT molecular complexity index is 1440. The Labute approximate surface area is 284 Å². The molecule has 0 spiro atoms. The van der Waals surface area contributed by atoms with Crippen molar-refractivity contribution in [2.75, 3.05) is 13.7 Å². The lowest BCUT2D eigenvalue weighted by Gasteiger charge is -2.54. The van der Waals surface area contributed by atoms with Crippen molar-refractivity contribution in [3.05, 3.63) is 71.8 Å². The highest BCUT2D eigenvalue weighted by Crippen LogP contribution is 2.45. The molecule has 2 N–H and O–H groups in total. The van der Waals surface area contributed by atoms with Crippen LogP contribution in [0.2, 0.25) is 0 Å². The Hall–Kier alpha value is -4.82. The van der Waals surface area contributed by atoms with Crippen molar-refractivity contribution in [3.63, 3.8) is 0 Å². The predicted molar refractivity (Wildman–Crippen MR) is 170 cm³/mol. The molecule has 1 saturated heterocycles. The molecule has 0 radical (unpaired) electrons. The summed E-state index contributed by atoms with van der Waals surface area (Å²) in [5.41, 5.74) is -3.37. The van der Waals surface area contributed by atoms with Crippen molar-refractivity contribution in [3.8, 4) is 0 Å². The molecule has 1 aliphatic heterocycles. The number of rotatable bonds is 14. The third-order valence-corrected chi connectivity index (χ3v) is 7.97. The molecule has 14 nitrogen and oxygen atoms in total. The van der Waals surface area contributed by atoms with Crippen molar-refractivity contribution in [2.24, 2.45) is 0 Å². The molecule has 1 amide bonds. The zero-order valence-corrected chi connectivity index (χ0v) is 28.3. The van der Waals surface area contributed by atoms with Gasteiger partial charge < -0.3 is 38.8 Å². The molecule has 14 heteroatoms. The van der Waals surface area contributed by atoms with Crippen LogP contribution in [0, 0.1) is 0 Å². The van der Waals surface area contributed by atoms with Gasteiger partial charge in [0.15, 0.2) is 17.8 Å². The number of nitrogens with one attached hydrogen (secondary N) is 1. The lowest BCUT2D eigenvalue weighted by Crippen LogP contribution is -2.75. The van der Waals surface area contributed by atoms with Gasteiger partial charge >= 0.3 is 29.8 Å². The minimum atomic E-state index is -2.40. The first-order chi connectivity index (χ1) is 23.1. The number of methoxy groups -OCH3 is 1. The number of aliphatic hydroxyl groups is 1. The molecule has 1 aliphatic rings. The van der Waals surface area contributed by atoms with Gasteiger partial charge in [0.1, 0.15) is 24.4 Å². The standard InChI is InChI=1S/C35H43NO13/c1-21(37)36-30-28(46-23(3)39)19-35(33(42)44-6,34(43,17-26-13-9-7-10-14-26)18-27-15-11-8-12-16-27)49-32(30)31(48-25(5)41)29(47-24(4)40)20-45-22(2)38/h7-16,28-32,43H,17-20H2,1-6H3,(H,36,37)/t28-,29+,30+,31+,32+,35+/m0/s1. The van der Waals surface area contributed by atoms with Crippen LogP contribution in [-0.2, 0) is 70.0 Å². The van der Waals surface area contributed by atoms with Crippen LogP contribution < -0.4 is 5.32 Å². The molecule has 0 bridgehead atoms. The van der Waals surface area contributed by atoms with Gasteiger partial charge in [-0.05, 0) is 11.1 Å². The van der Waals surface area contributed by atoms with E-state index in [0.717, 1.165) is 34.8 Å². The first-order valence-corrected chi connectivity index (χ1v) is 15.6. The molecule has 266 valence electrons. The molecule has 1 fully saturated rings. The molecule has 0 aromatic heterocycles. The molecule has 0 unspecified atom stereocenters. The van der Waals surface area contributed by atoms with Crippen molar-refractivity contribution in [2.45, 2.75) is 95.5 Å². The number of carbonyl (C=O) groups excluding carboxylic acids is 6. The maximum absolute atomic E-state index is 14.2. The van der Waals surface area contributed by atoms with E-state index in [-0.39, 0.29) is 12.8 Å². The van der Waals surface area contributed by atoms with Crippen LogP contribution >= 0.6 is 0 Å². The summed E-state index contributed by atoms with van der Waals surface area (Å²) in [4.78, 5) is 76.2. The van der Waals surface area contributed by atoms with E-state index < -0.39 is 90.4 Å². The number of benzene rings is 2.